The molecule has 0 aliphatic carbocycles. The molecule has 1 aromatic heterocycles. The standard InChI is InChI=1S/C15H21N5O/c1-4-9-16-13-18-14(20-15(19-13)21-3)17-12-8-6-7-11(5-2)10-12/h6-8,10H,4-5,9H2,1-3H3,(H2,16,17,18,19,20). The van der Waals surface area contributed by atoms with Crippen molar-refractivity contribution in [1.29, 1.82) is 0 Å². The first kappa shape index (κ1) is 15.0. The fourth-order valence-corrected chi connectivity index (χ4v) is 1.82. The predicted octanol–water partition coefficient (Wildman–Crippen LogP) is 3.01. The van der Waals surface area contributed by atoms with Gasteiger partial charge in [0.1, 0.15) is 0 Å². The van der Waals surface area contributed by atoms with E-state index in [2.05, 4.69) is 51.6 Å². The van der Waals surface area contributed by atoms with Gasteiger partial charge in [0.15, 0.2) is 0 Å². The minimum absolute atomic E-state index is 0.290. The first-order valence-corrected chi connectivity index (χ1v) is 7.15. The highest BCUT2D eigenvalue weighted by Gasteiger charge is 2.07. The molecule has 0 amide bonds. The van der Waals surface area contributed by atoms with Crippen LogP contribution in [0, 0.1) is 0 Å². The number of nitrogens with zero attached hydrogens (tertiary/aromatic N) is 3. The number of anilines is 3. The van der Waals surface area contributed by atoms with Crippen LogP contribution in [0.2, 0.25) is 0 Å². The van der Waals surface area contributed by atoms with Crippen LogP contribution in [0.4, 0.5) is 17.6 Å². The molecule has 2 rings (SSSR count). The molecule has 6 nitrogen and oxygen atoms in total. The van der Waals surface area contributed by atoms with E-state index in [1.807, 2.05) is 12.1 Å². The Hall–Kier alpha value is -2.37. The summed E-state index contributed by atoms with van der Waals surface area (Å²) in [6.45, 7) is 5.01. The average molecular weight is 287 g/mol. The number of methoxy groups -OCH3 is 1. The van der Waals surface area contributed by atoms with Gasteiger partial charge in [0.2, 0.25) is 11.9 Å². The van der Waals surface area contributed by atoms with Crippen LogP contribution in [0.15, 0.2) is 24.3 Å². The lowest BCUT2D eigenvalue weighted by molar-refractivity contribution is 0.379. The number of rotatable bonds is 7. The smallest absolute Gasteiger partial charge is 0.322 e. The van der Waals surface area contributed by atoms with E-state index in [0.717, 1.165) is 25.1 Å². The second-order valence-electron chi connectivity index (χ2n) is 4.58. The lowest BCUT2D eigenvalue weighted by Gasteiger charge is -2.09. The predicted molar refractivity (Wildman–Crippen MR) is 84.3 cm³/mol. The third-order valence-electron chi connectivity index (χ3n) is 2.92. The van der Waals surface area contributed by atoms with Crippen molar-refractivity contribution in [3.05, 3.63) is 29.8 Å². The summed E-state index contributed by atoms with van der Waals surface area (Å²) in [5.74, 6) is 0.978. The number of benzene rings is 1. The number of nitrogens with one attached hydrogen (secondary N) is 2. The van der Waals surface area contributed by atoms with E-state index < -0.39 is 0 Å². The molecule has 0 fully saturated rings. The van der Waals surface area contributed by atoms with Gasteiger partial charge in [-0.1, -0.05) is 26.0 Å². The lowest BCUT2D eigenvalue weighted by atomic mass is 10.1. The van der Waals surface area contributed by atoms with Crippen molar-refractivity contribution in [2.75, 3.05) is 24.3 Å². The number of aryl methyl sites for hydroxylation is 1. The SMILES string of the molecule is CCCNc1nc(Nc2cccc(CC)c2)nc(OC)n1. The Morgan fingerprint density at radius 3 is 2.62 bits per heavy atom. The van der Waals surface area contributed by atoms with Gasteiger partial charge in [-0.3, -0.25) is 0 Å². The molecule has 2 N–H and O–H groups in total. The summed E-state index contributed by atoms with van der Waals surface area (Å²) in [6, 6.07) is 8.45. The first-order chi connectivity index (χ1) is 10.2. The second kappa shape index (κ2) is 7.42. The fraction of sp³-hybridized carbons (Fsp3) is 0.400. The van der Waals surface area contributed by atoms with Crippen molar-refractivity contribution >= 4 is 17.6 Å². The van der Waals surface area contributed by atoms with Crippen LogP contribution in [-0.4, -0.2) is 28.6 Å². The van der Waals surface area contributed by atoms with Crippen LogP contribution in [-0.2, 0) is 6.42 Å². The highest BCUT2D eigenvalue weighted by atomic mass is 16.5. The largest absolute Gasteiger partial charge is 0.467 e. The summed E-state index contributed by atoms with van der Waals surface area (Å²) < 4.78 is 5.12. The van der Waals surface area contributed by atoms with Gasteiger partial charge in [0, 0.05) is 12.2 Å². The highest BCUT2D eigenvalue weighted by molar-refractivity contribution is 5.55. The van der Waals surface area contributed by atoms with Crippen LogP contribution in [0.1, 0.15) is 25.8 Å². The van der Waals surface area contributed by atoms with Crippen LogP contribution in [0.5, 0.6) is 6.01 Å². The van der Waals surface area contributed by atoms with Gasteiger partial charge in [-0.25, -0.2) is 0 Å². The van der Waals surface area contributed by atoms with E-state index in [1.165, 1.54) is 5.56 Å². The molecule has 0 radical (unpaired) electrons. The Morgan fingerprint density at radius 2 is 1.90 bits per heavy atom. The van der Waals surface area contributed by atoms with Crippen molar-refractivity contribution in [1.82, 2.24) is 15.0 Å². The molecule has 112 valence electrons. The van der Waals surface area contributed by atoms with E-state index in [-0.39, 0.29) is 6.01 Å². The van der Waals surface area contributed by atoms with Gasteiger partial charge in [0.25, 0.3) is 0 Å². The summed E-state index contributed by atoms with van der Waals surface area (Å²) in [7, 11) is 1.54. The minimum Gasteiger partial charge on any atom is -0.467 e. The molecule has 2 aromatic rings. The molecule has 6 heteroatoms. The number of hydrogen-bond donors (Lipinski definition) is 2. The van der Waals surface area contributed by atoms with Gasteiger partial charge in [-0.05, 0) is 30.5 Å². The van der Waals surface area contributed by atoms with Crippen molar-refractivity contribution in [3.63, 3.8) is 0 Å². The Kier molecular flexibility index (Phi) is 5.31. The van der Waals surface area contributed by atoms with E-state index in [9.17, 15) is 0 Å². The zero-order valence-electron chi connectivity index (χ0n) is 12.7. The fourth-order valence-electron chi connectivity index (χ4n) is 1.82. The van der Waals surface area contributed by atoms with E-state index in [4.69, 9.17) is 4.74 Å². The first-order valence-electron chi connectivity index (χ1n) is 7.15. The van der Waals surface area contributed by atoms with Gasteiger partial charge < -0.3 is 15.4 Å². The molecule has 0 atom stereocenters. The van der Waals surface area contributed by atoms with Crippen LogP contribution >= 0.6 is 0 Å². The maximum Gasteiger partial charge on any atom is 0.322 e. The van der Waals surface area contributed by atoms with Gasteiger partial charge in [-0.2, -0.15) is 15.0 Å². The Morgan fingerprint density at radius 1 is 1.10 bits per heavy atom. The Bertz CT molecular complexity index is 588. The molecule has 0 saturated carbocycles. The second-order valence-corrected chi connectivity index (χ2v) is 4.58. The molecule has 1 aromatic carbocycles. The number of aromatic nitrogens is 3. The van der Waals surface area contributed by atoms with Crippen molar-refractivity contribution in [3.8, 4) is 6.01 Å². The maximum absolute atomic E-state index is 5.12. The zero-order valence-corrected chi connectivity index (χ0v) is 12.7. The molecule has 0 unspecified atom stereocenters. The molecule has 0 bridgehead atoms. The summed E-state index contributed by atoms with van der Waals surface area (Å²) in [4.78, 5) is 12.7. The minimum atomic E-state index is 0.290. The Labute approximate surface area is 125 Å². The topological polar surface area (TPSA) is 72.0 Å². The normalized spacial score (nSPS) is 10.2. The van der Waals surface area contributed by atoms with E-state index in [0.29, 0.717) is 11.9 Å². The summed E-state index contributed by atoms with van der Waals surface area (Å²) in [6.07, 6.45) is 1.98. The van der Waals surface area contributed by atoms with Gasteiger partial charge in [0.05, 0.1) is 7.11 Å². The summed E-state index contributed by atoms with van der Waals surface area (Å²) >= 11 is 0. The molecule has 0 spiro atoms. The summed E-state index contributed by atoms with van der Waals surface area (Å²) in [5.41, 5.74) is 2.20. The van der Waals surface area contributed by atoms with Crippen molar-refractivity contribution in [2.45, 2.75) is 26.7 Å². The van der Waals surface area contributed by atoms with Crippen LogP contribution in [0.25, 0.3) is 0 Å². The Balaban J connectivity index is 2.21. The molecule has 0 saturated heterocycles. The van der Waals surface area contributed by atoms with E-state index in [1.54, 1.807) is 7.11 Å². The molecule has 0 aliphatic heterocycles. The molecule has 0 aliphatic rings. The third kappa shape index (κ3) is 4.30. The number of ether oxygens (including phenoxy) is 1. The van der Waals surface area contributed by atoms with Crippen molar-refractivity contribution < 1.29 is 4.74 Å². The molecular weight excluding hydrogens is 266 g/mol. The van der Waals surface area contributed by atoms with Crippen molar-refractivity contribution in [2.24, 2.45) is 0 Å². The summed E-state index contributed by atoms with van der Waals surface area (Å²) in [5, 5.41) is 6.32. The highest BCUT2D eigenvalue weighted by Crippen LogP contribution is 2.18. The van der Waals surface area contributed by atoms with Crippen LogP contribution < -0.4 is 15.4 Å². The maximum atomic E-state index is 5.12. The van der Waals surface area contributed by atoms with Crippen LogP contribution in [0.3, 0.4) is 0 Å². The molecular formula is C15H21N5O. The van der Waals surface area contributed by atoms with Gasteiger partial charge >= 0.3 is 6.01 Å². The number of hydrogen-bond acceptors (Lipinski definition) is 6. The quantitative estimate of drug-likeness (QED) is 0.815. The molecule has 21 heavy (non-hydrogen) atoms. The van der Waals surface area contributed by atoms with E-state index >= 15 is 0 Å². The molecule has 1 heterocycles. The zero-order chi connectivity index (χ0) is 15.1. The average Bonchev–Trinajstić information content (AvgIpc) is 2.52. The monoisotopic (exact) mass is 287 g/mol. The lowest BCUT2D eigenvalue weighted by Crippen LogP contribution is -2.09. The van der Waals surface area contributed by atoms with Gasteiger partial charge in [-0.15, -0.1) is 0 Å². The third-order valence-corrected chi connectivity index (χ3v) is 2.92.